The first-order valence-electron chi connectivity index (χ1n) is 2.45. The summed E-state index contributed by atoms with van der Waals surface area (Å²) in [5, 5.41) is 9.05. The SMILES string of the molecule is C=C/C(Cl)=C(O)\C=C/ON. The molecular formula is C6H8ClNO2. The maximum Gasteiger partial charge on any atom is 0.137 e. The maximum absolute atomic E-state index is 8.90. The topological polar surface area (TPSA) is 55.5 Å². The molecule has 4 heteroatoms. The molecule has 0 aliphatic heterocycles. The molecule has 0 saturated heterocycles. The van der Waals surface area contributed by atoms with Gasteiger partial charge in [-0.3, -0.25) is 0 Å². The number of hydrogen-bond donors (Lipinski definition) is 2. The second kappa shape index (κ2) is 4.90. The molecule has 0 aromatic heterocycles. The number of aliphatic hydroxyl groups is 1. The van der Waals surface area contributed by atoms with Crippen LogP contribution in [0.4, 0.5) is 0 Å². The van der Waals surface area contributed by atoms with Gasteiger partial charge < -0.3 is 9.94 Å². The fourth-order valence-corrected chi connectivity index (χ4v) is 0.351. The van der Waals surface area contributed by atoms with Crippen molar-refractivity contribution in [3.8, 4) is 0 Å². The lowest BCUT2D eigenvalue weighted by atomic mass is 10.4. The van der Waals surface area contributed by atoms with E-state index >= 15 is 0 Å². The largest absolute Gasteiger partial charge is 0.506 e. The van der Waals surface area contributed by atoms with Crippen LogP contribution >= 0.6 is 11.6 Å². The number of aliphatic hydroxyl groups excluding tert-OH is 1. The highest BCUT2D eigenvalue weighted by atomic mass is 35.5. The minimum Gasteiger partial charge on any atom is -0.506 e. The summed E-state index contributed by atoms with van der Waals surface area (Å²) in [6, 6.07) is 0. The van der Waals surface area contributed by atoms with Crippen LogP contribution in [0.3, 0.4) is 0 Å². The molecule has 0 radical (unpaired) electrons. The van der Waals surface area contributed by atoms with Crippen LogP contribution in [-0.4, -0.2) is 5.11 Å². The van der Waals surface area contributed by atoms with Crippen LogP contribution in [0.5, 0.6) is 0 Å². The van der Waals surface area contributed by atoms with Crippen LogP contribution < -0.4 is 5.90 Å². The molecule has 0 spiro atoms. The Labute approximate surface area is 64.0 Å². The van der Waals surface area contributed by atoms with Crippen molar-refractivity contribution in [2.75, 3.05) is 0 Å². The summed E-state index contributed by atoms with van der Waals surface area (Å²) in [5.41, 5.74) is 0. The molecule has 3 nitrogen and oxygen atoms in total. The van der Waals surface area contributed by atoms with E-state index < -0.39 is 0 Å². The van der Waals surface area contributed by atoms with Gasteiger partial charge in [-0.1, -0.05) is 18.2 Å². The number of rotatable bonds is 3. The lowest BCUT2D eigenvalue weighted by Crippen LogP contribution is -1.88. The molecule has 0 bridgehead atoms. The van der Waals surface area contributed by atoms with E-state index in [9.17, 15) is 0 Å². The molecule has 0 amide bonds. The zero-order valence-corrected chi connectivity index (χ0v) is 6.01. The smallest absolute Gasteiger partial charge is 0.137 e. The van der Waals surface area contributed by atoms with E-state index in [-0.39, 0.29) is 10.8 Å². The van der Waals surface area contributed by atoms with Crippen molar-refractivity contribution >= 4 is 11.6 Å². The quantitative estimate of drug-likeness (QED) is 0.376. The predicted octanol–water partition coefficient (Wildman–Crippen LogP) is 1.58. The molecule has 0 aromatic carbocycles. The van der Waals surface area contributed by atoms with Crippen LogP contribution in [0.1, 0.15) is 0 Å². The molecule has 0 fully saturated rings. The van der Waals surface area contributed by atoms with Gasteiger partial charge in [-0.2, -0.15) is 5.90 Å². The minimum atomic E-state index is -0.137. The van der Waals surface area contributed by atoms with Gasteiger partial charge in [-0.15, -0.1) is 0 Å². The number of allylic oxidation sites excluding steroid dienone is 3. The summed E-state index contributed by atoms with van der Waals surface area (Å²) >= 11 is 5.42. The van der Waals surface area contributed by atoms with Crippen molar-refractivity contribution in [1.82, 2.24) is 0 Å². The van der Waals surface area contributed by atoms with E-state index in [1.165, 1.54) is 12.2 Å². The fraction of sp³-hybridized carbons (Fsp3) is 0. The molecule has 0 aromatic rings. The summed E-state index contributed by atoms with van der Waals surface area (Å²) in [6.45, 7) is 3.33. The van der Waals surface area contributed by atoms with Crippen LogP contribution in [0.25, 0.3) is 0 Å². The predicted molar refractivity (Wildman–Crippen MR) is 40.1 cm³/mol. The first kappa shape index (κ1) is 9.07. The van der Waals surface area contributed by atoms with Crippen molar-refractivity contribution in [1.29, 1.82) is 0 Å². The molecule has 0 unspecified atom stereocenters. The fourth-order valence-electron chi connectivity index (χ4n) is 0.288. The van der Waals surface area contributed by atoms with E-state index in [0.717, 1.165) is 6.26 Å². The minimum absolute atomic E-state index is 0.137. The first-order chi connectivity index (χ1) is 4.72. The highest BCUT2D eigenvalue weighted by Crippen LogP contribution is 2.08. The van der Waals surface area contributed by atoms with E-state index in [4.69, 9.17) is 16.7 Å². The van der Waals surface area contributed by atoms with Crippen molar-refractivity contribution in [2.24, 2.45) is 5.90 Å². The third kappa shape index (κ3) is 3.17. The van der Waals surface area contributed by atoms with Gasteiger partial charge in [0.1, 0.15) is 12.0 Å². The molecular weight excluding hydrogens is 154 g/mol. The monoisotopic (exact) mass is 161 g/mol. The number of hydrogen-bond acceptors (Lipinski definition) is 3. The highest BCUT2D eigenvalue weighted by molar-refractivity contribution is 6.31. The lowest BCUT2D eigenvalue weighted by Gasteiger charge is -1.91. The van der Waals surface area contributed by atoms with E-state index in [2.05, 4.69) is 17.3 Å². The highest BCUT2D eigenvalue weighted by Gasteiger charge is 1.91. The normalized spacial score (nSPS) is 13.0. The van der Waals surface area contributed by atoms with Gasteiger partial charge in [0, 0.05) is 6.08 Å². The zero-order chi connectivity index (χ0) is 7.98. The van der Waals surface area contributed by atoms with Crippen LogP contribution in [0.2, 0.25) is 0 Å². The maximum atomic E-state index is 8.90. The Morgan fingerprint density at radius 1 is 1.70 bits per heavy atom. The molecule has 0 rings (SSSR count). The van der Waals surface area contributed by atoms with Crippen LogP contribution in [0.15, 0.2) is 35.8 Å². The molecule has 56 valence electrons. The summed E-state index contributed by atoms with van der Waals surface area (Å²) in [6.07, 6.45) is 3.61. The average Bonchev–Trinajstić information content (AvgIpc) is 1.98. The average molecular weight is 162 g/mol. The van der Waals surface area contributed by atoms with Gasteiger partial charge in [0.15, 0.2) is 0 Å². The molecule has 0 aliphatic carbocycles. The Hall–Kier alpha value is -0.930. The van der Waals surface area contributed by atoms with E-state index in [1.54, 1.807) is 0 Å². The molecule has 0 aliphatic rings. The molecule has 0 saturated carbocycles. The van der Waals surface area contributed by atoms with E-state index in [0.29, 0.717) is 0 Å². The Bertz CT molecular complexity index is 175. The van der Waals surface area contributed by atoms with Crippen molar-refractivity contribution in [2.45, 2.75) is 0 Å². The third-order valence-corrected chi connectivity index (χ3v) is 1.08. The van der Waals surface area contributed by atoms with Gasteiger partial charge in [-0.25, -0.2) is 0 Å². The molecule has 0 heterocycles. The standard InChI is InChI=1S/C6H8ClNO2/c1-2-5(7)6(9)3-4-10-8/h2-4,9H,1,8H2/b4-3-,6-5-. The summed E-state index contributed by atoms with van der Waals surface area (Å²) < 4.78 is 0. The molecule has 10 heavy (non-hydrogen) atoms. The van der Waals surface area contributed by atoms with Crippen LogP contribution in [-0.2, 0) is 4.84 Å². The lowest BCUT2D eigenvalue weighted by molar-refractivity contribution is 0.259. The Morgan fingerprint density at radius 2 is 2.30 bits per heavy atom. The summed E-state index contributed by atoms with van der Waals surface area (Å²) in [4.78, 5) is 4.04. The van der Waals surface area contributed by atoms with Gasteiger partial charge >= 0.3 is 0 Å². The second-order valence-corrected chi connectivity index (χ2v) is 1.78. The molecule has 3 N–H and O–H groups in total. The van der Waals surface area contributed by atoms with Gasteiger partial charge in [0.2, 0.25) is 0 Å². The van der Waals surface area contributed by atoms with Crippen molar-refractivity contribution in [3.63, 3.8) is 0 Å². The Morgan fingerprint density at radius 3 is 2.70 bits per heavy atom. The number of nitrogens with two attached hydrogens (primary N) is 1. The number of halogens is 1. The second-order valence-electron chi connectivity index (χ2n) is 1.38. The first-order valence-corrected chi connectivity index (χ1v) is 2.83. The Balaban J connectivity index is 4.17. The Kier molecular flexibility index (Phi) is 4.45. The van der Waals surface area contributed by atoms with Crippen molar-refractivity contribution < 1.29 is 9.94 Å². The third-order valence-electron chi connectivity index (χ3n) is 0.728. The molecule has 0 atom stereocenters. The van der Waals surface area contributed by atoms with Gasteiger partial charge in [0.05, 0.1) is 5.03 Å². The van der Waals surface area contributed by atoms with Gasteiger partial charge in [0.25, 0.3) is 0 Å². The summed E-state index contributed by atoms with van der Waals surface area (Å²) in [5.74, 6) is 4.49. The van der Waals surface area contributed by atoms with Crippen LogP contribution in [0, 0.1) is 0 Å². The van der Waals surface area contributed by atoms with E-state index in [1.807, 2.05) is 0 Å². The van der Waals surface area contributed by atoms with Crippen molar-refractivity contribution in [3.05, 3.63) is 35.8 Å². The summed E-state index contributed by atoms with van der Waals surface area (Å²) in [7, 11) is 0. The van der Waals surface area contributed by atoms with Gasteiger partial charge in [-0.05, 0) is 6.08 Å². The zero-order valence-electron chi connectivity index (χ0n) is 5.25.